The molecule has 0 amide bonds. The Bertz CT molecular complexity index is 399. The lowest BCUT2D eigenvalue weighted by Crippen LogP contribution is -2.37. The predicted octanol–water partition coefficient (Wildman–Crippen LogP) is 4.19. The highest BCUT2D eigenvalue weighted by Gasteiger charge is 2.38. The molecule has 0 N–H and O–H groups in total. The van der Waals surface area contributed by atoms with Gasteiger partial charge in [0, 0.05) is 0 Å². The van der Waals surface area contributed by atoms with Crippen LogP contribution in [0.4, 0.5) is 0 Å². The van der Waals surface area contributed by atoms with Crippen molar-refractivity contribution < 1.29 is 4.84 Å². The Morgan fingerprint density at radius 3 is 2.50 bits per heavy atom. The van der Waals surface area contributed by atoms with Crippen LogP contribution >= 0.6 is 27.5 Å². The molecule has 2 nitrogen and oxygen atoms in total. The first-order valence-corrected chi connectivity index (χ1v) is 6.23. The van der Waals surface area contributed by atoms with Crippen LogP contribution in [0.1, 0.15) is 25.5 Å². The second kappa shape index (κ2) is 4.40. The molecule has 1 aliphatic rings. The lowest BCUT2D eigenvalue weighted by atomic mass is 10.1. The van der Waals surface area contributed by atoms with Crippen LogP contribution in [-0.2, 0) is 4.84 Å². The van der Waals surface area contributed by atoms with Crippen LogP contribution in [0.25, 0.3) is 0 Å². The van der Waals surface area contributed by atoms with Gasteiger partial charge in [0.15, 0.2) is 0 Å². The molecule has 0 aromatic heterocycles. The van der Waals surface area contributed by atoms with E-state index in [9.17, 15) is 0 Å². The van der Waals surface area contributed by atoms with Crippen molar-refractivity contribution in [3.8, 4) is 0 Å². The van der Waals surface area contributed by atoms with E-state index in [1.807, 2.05) is 49.2 Å². The normalized spacial score (nSPS) is 21.8. The van der Waals surface area contributed by atoms with E-state index in [2.05, 4.69) is 15.9 Å². The fourth-order valence-corrected chi connectivity index (χ4v) is 2.25. The van der Waals surface area contributed by atoms with Crippen molar-refractivity contribution in [3.05, 3.63) is 47.2 Å². The average molecular weight is 303 g/mol. The third-order valence-electron chi connectivity index (χ3n) is 2.41. The fraction of sp³-hybridized carbons (Fsp3) is 0.333. The molecule has 0 bridgehead atoms. The van der Waals surface area contributed by atoms with Crippen LogP contribution in [0.3, 0.4) is 0 Å². The molecule has 1 aromatic rings. The molecule has 0 aliphatic carbocycles. The molecule has 2 rings (SSSR count). The Labute approximate surface area is 109 Å². The zero-order valence-electron chi connectivity index (χ0n) is 9.15. The molecular formula is C12H13BrClNO. The number of nitrogens with zero attached hydrogens (tertiary/aromatic N) is 1. The second-order valence-electron chi connectivity index (χ2n) is 4.16. The SMILES string of the molecule is CC(C)(Br)N1OC=C(Cl)C1c1ccccc1. The van der Waals surface area contributed by atoms with Gasteiger partial charge in [-0.2, -0.15) is 0 Å². The molecule has 1 unspecified atom stereocenters. The van der Waals surface area contributed by atoms with E-state index in [1.165, 1.54) is 0 Å². The van der Waals surface area contributed by atoms with Crippen LogP contribution in [0.15, 0.2) is 41.6 Å². The fourth-order valence-electron chi connectivity index (χ4n) is 1.71. The molecule has 4 heteroatoms. The van der Waals surface area contributed by atoms with E-state index in [4.69, 9.17) is 16.4 Å². The van der Waals surface area contributed by atoms with Gasteiger partial charge in [-0.1, -0.05) is 57.9 Å². The van der Waals surface area contributed by atoms with Crippen molar-refractivity contribution in [3.63, 3.8) is 0 Å². The molecule has 0 saturated carbocycles. The van der Waals surface area contributed by atoms with Crippen molar-refractivity contribution in [1.82, 2.24) is 5.06 Å². The number of hydrogen-bond acceptors (Lipinski definition) is 2. The van der Waals surface area contributed by atoms with Crippen molar-refractivity contribution in [2.45, 2.75) is 24.3 Å². The average Bonchev–Trinajstić information content (AvgIpc) is 2.61. The monoisotopic (exact) mass is 301 g/mol. The highest BCUT2D eigenvalue weighted by Crippen LogP contribution is 2.42. The van der Waals surface area contributed by atoms with Gasteiger partial charge in [-0.15, -0.1) is 5.06 Å². The minimum atomic E-state index is -0.277. The lowest BCUT2D eigenvalue weighted by molar-refractivity contribution is -0.139. The summed E-state index contributed by atoms with van der Waals surface area (Å²) in [7, 11) is 0. The van der Waals surface area contributed by atoms with Gasteiger partial charge >= 0.3 is 0 Å². The van der Waals surface area contributed by atoms with Gasteiger partial charge in [0.25, 0.3) is 0 Å². The number of halogens is 2. The summed E-state index contributed by atoms with van der Waals surface area (Å²) in [5, 5.41) is 2.53. The Balaban J connectivity index is 2.34. The van der Waals surface area contributed by atoms with Crippen molar-refractivity contribution >= 4 is 27.5 Å². The maximum Gasteiger partial charge on any atom is 0.128 e. The van der Waals surface area contributed by atoms with Gasteiger partial charge in [0.2, 0.25) is 0 Å². The number of hydroxylamine groups is 2. The van der Waals surface area contributed by atoms with Crippen molar-refractivity contribution in [1.29, 1.82) is 0 Å². The molecule has 0 fully saturated rings. The standard InChI is InChI=1S/C12H13BrClNO/c1-12(2,13)15-11(10(14)8-16-15)9-6-4-3-5-7-9/h3-8,11H,1-2H3. The molecule has 0 saturated heterocycles. The molecule has 1 atom stereocenters. The zero-order chi connectivity index (χ0) is 11.8. The number of rotatable bonds is 2. The van der Waals surface area contributed by atoms with Crippen LogP contribution in [0, 0.1) is 0 Å². The maximum absolute atomic E-state index is 6.19. The van der Waals surface area contributed by atoms with Gasteiger partial charge in [-0.25, -0.2) is 0 Å². The predicted molar refractivity (Wildman–Crippen MR) is 69.0 cm³/mol. The van der Waals surface area contributed by atoms with Gasteiger partial charge in [-0.3, -0.25) is 0 Å². The van der Waals surface area contributed by atoms with Crippen molar-refractivity contribution in [2.24, 2.45) is 0 Å². The third-order valence-corrected chi connectivity index (χ3v) is 3.06. The quantitative estimate of drug-likeness (QED) is 0.600. The molecule has 86 valence electrons. The lowest BCUT2D eigenvalue weighted by Gasteiger charge is -2.33. The van der Waals surface area contributed by atoms with Gasteiger partial charge in [-0.05, 0) is 19.4 Å². The second-order valence-corrected chi connectivity index (χ2v) is 6.53. The molecule has 16 heavy (non-hydrogen) atoms. The number of benzene rings is 1. The Hall–Kier alpha value is -0.510. The summed E-state index contributed by atoms with van der Waals surface area (Å²) in [5.74, 6) is 0. The summed E-state index contributed by atoms with van der Waals surface area (Å²) >= 11 is 9.77. The summed E-state index contributed by atoms with van der Waals surface area (Å²) in [6.45, 7) is 4.04. The number of alkyl halides is 1. The minimum Gasteiger partial charge on any atom is -0.410 e. The van der Waals surface area contributed by atoms with Crippen LogP contribution in [-0.4, -0.2) is 9.51 Å². The van der Waals surface area contributed by atoms with E-state index in [-0.39, 0.29) is 10.5 Å². The van der Waals surface area contributed by atoms with Crippen LogP contribution in [0.5, 0.6) is 0 Å². The zero-order valence-corrected chi connectivity index (χ0v) is 11.5. The molecule has 0 spiro atoms. The van der Waals surface area contributed by atoms with Crippen molar-refractivity contribution in [2.75, 3.05) is 0 Å². The molecule has 1 aliphatic heterocycles. The summed E-state index contributed by atoms with van der Waals surface area (Å²) in [5.41, 5.74) is 1.12. The van der Waals surface area contributed by atoms with E-state index in [0.29, 0.717) is 5.03 Å². The Morgan fingerprint density at radius 1 is 1.31 bits per heavy atom. The summed E-state index contributed by atoms with van der Waals surface area (Å²) in [6, 6.07) is 10.0. The first-order chi connectivity index (χ1) is 7.50. The molecule has 1 heterocycles. The minimum absolute atomic E-state index is 0.0442. The van der Waals surface area contributed by atoms with Gasteiger partial charge in [0.1, 0.15) is 16.8 Å². The summed E-state index contributed by atoms with van der Waals surface area (Å²) in [4.78, 5) is 5.49. The Kier molecular flexibility index (Phi) is 3.29. The van der Waals surface area contributed by atoms with Crippen LogP contribution < -0.4 is 0 Å². The first-order valence-electron chi connectivity index (χ1n) is 5.05. The van der Waals surface area contributed by atoms with E-state index in [0.717, 1.165) is 5.56 Å². The smallest absolute Gasteiger partial charge is 0.128 e. The first kappa shape index (κ1) is 12.0. The Morgan fingerprint density at radius 2 is 1.94 bits per heavy atom. The summed E-state index contributed by atoms with van der Waals surface area (Å²) < 4.78 is -0.277. The van der Waals surface area contributed by atoms with Gasteiger partial charge < -0.3 is 4.84 Å². The van der Waals surface area contributed by atoms with Gasteiger partial charge in [0.05, 0.1) is 5.03 Å². The highest BCUT2D eigenvalue weighted by atomic mass is 79.9. The molecule has 0 radical (unpaired) electrons. The summed E-state index contributed by atoms with van der Waals surface area (Å²) in [6.07, 6.45) is 1.59. The molecule has 1 aromatic carbocycles. The van der Waals surface area contributed by atoms with E-state index >= 15 is 0 Å². The maximum atomic E-state index is 6.19. The van der Waals surface area contributed by atoms with E-state index in [1.54, 1.807) is 6.26 Å². The topological polar surface area (TPSA) is 12.5 Å². The molecular weight excluding hydrogens is 289 g/mol. The van der Waals surface area contributed by atoms with E-state index < -0.39 is 0 Å². The third kappa shape index (κ3) is 2.26. The van der Waals surface area contributed by atoms with Crippen LogP contribution in [0.2, 0.25) is 0 Å². The largest absolute Gasteiger partial charge is 0.410 e. The highest BCUT2D eigenvalue weighted by molar-refractivity contribution is 9.10. The number of hydrogen-bond donors (Lipinski definition) is 0.